The molecule has 0 spiro atoms. The molecule has 0 saturated heterocycles. The van der Waals surface area contributed by atoms with Crippen molar-refractivity contribution < 1.29 is 19.4 Å². The molecular formula is C20H20N2O5. The average Bonchev–Trinajstić information content (AvgIpc) is 2.69. The van der Waals surface area contributed by atoms with Gasteiger partial charge in [0, 0.05) is 5.39 Å². The Balaban J connectivity index is 1.64. The molecule has 7 heteroatoms. The van der Waals surface area contributed by atoms with Gasteiger partial charge in [-0.15, -0.1) is 0 Å². The van der Waals surface area contributed by atoms with Crippen LogP contribution in [0.3, 0.4) is 0 Å². The number of hydrogen-bond acceptors (Lipinski definition) is 6. The summed E-state index contributed by atoms with van der Waals surface area (Å²) in [6.45, 7) is 1.97. The molecule has 3 aromatic rings. The van der Waals surface area contributed by atoms with Crippen molar-refractivity contribution in [2.24, 2.45) is 0 Å². The fourth-order valence-corrected chi connectivity index (χ4v) is 2.63. The van der Waals surface area contributed by atoms with E-state index in [9.17, 15) is 14.7 Å². The average molecular weight is 368 g/mol. The Morgan fingerprint density at radius 1 is 1.22 bits per heavy atom. The van der Waals surface area contributed by atoms with Gasteiger partial charge in [0.1, 0.15) is 18.5 Å². The quantitative estimate of drug-likeness (QED) is 0.642. The highest BCUT2D eigenvalue weighted by molar-refractivity contribution is 5.89. The summed E-state index contributed by atoms with van der Waals surface area (Å²) in [5.74, 6) is -0.00571. The third kappa shape index (κ3) is 4.51. The summed E-state index contributed by atoms with van der Waals surface area (Å²) in [4.78, 5) is 24.2. The van der Waals surface area contributed by atoms with E-state index in [0.29, 0.717) is 16.7 Å². The lowest BCUT2D eigenvalue weighted by molar-refractivity contribution is 0.0525. The third-order valence-corrected chi connectivity index (χ3v) is 3.93. The van der Waals surface area contributed by atoms with E-state index in [4.69, 9.17) is 9.47 Å². The molecule has 0 aliphatic heterocycles. The first-order valence-corrected chi connectivity index (χ1v) is 8.61. The number of carbonyl (C=O) groups excluding carboxylic acids is 1. The van der Waals surface area contributed by atoms with Crippen molar-refractivity contribution in [2.45, 2.75) is 19.6 Å². The van der Waals surface area contributed by atoms with E-state index in [-0.39, 0.29) is 25.3 Å². The van der Waals surface area contributed by atoms with Gasteiger partial charge < -0.3 is 14.6 Å². The zero-order chi connectivity index (χ0) is 19.2. The number of nitrogens with zero attached hydrogens (tertiary/aromatic N) is 2. The smallest absolute Gasteiger partial charge is 0.338 e. The van der Waals surface area contributed by atoms with Crippen molar-refractivity contribution in [3.8, 4) is 5.75 Å². The van der Waals surface area contributed by atoms with Crippen LogP contribution in [0.15, 0.2) is 59.5 Å². The number of carbonyl (C=O) groups is 1. The minimum Gasteiger partial charge on any atom is -0.491 e. The molecule has 7 nitrogen and oxygen atoms in total. The van der Waals surface area contributed by atoms with E-state index < -0.39 is 12.1 Å². The monoisotopic (exact) mass is 368 g/mol. The number of ether oxygens (including phenoxy) is 2. The van der Waals surface area contributed by atoms with Crippen LogP contribution in [0, 0.1) is 0 Å². The Morgan fingerprint density at radius 2 is 2.04 bits per heavy atom. The molecule has 0 fully saturated rings. The minimum atomic E-state index is -0.942. The van der Waals surface area contributed by atoms with Crippen LogP contribution in [-0.4, -0.2) is 40.2 Å². The van der Waals surface area contributed by atoms with Crippen molar-refractivity contribution in [1.29, 1.82) is 0 Å². The third-order valence-electron chi connectivity index (χ3n) is 3.93. The molecule has 0 aliphatic rings. The van der Waals surface area contributed by atoms with Crippen molar-refractivity contribution in [1.82, 2.24) is 9.78 Å². The van der Waals surface area contributed by atoms with Crippen molar-refractivity contribution in [3.05, 3.63) is 70.6 Å². The van der Waals surface area contributed by atoms with Gasteiger partial charge in [-0.05, 0) is 31.2 Å². The van der Waals surface area contributed by atoms with Gasteiger partial charge in [0.05, 0.1) is 30.3 Å². The SMILES string of the molecule is CCOC(=O)c1cccc(OCC(O)Cn2ncc3ccccc3c2=O)c1. The van der Waals surface area contributed by atoms with E-state index in [1.54, 1.807) is 49.5 Å². The number of rotatable bonds is 7. The lowest BCUT2D eigenvalue weighted by Gasteiger charge is -2.14. The maximum Gasteiger partial charge on any atom is 0.338 e. The van der Waals surface area contributed by atoms with E-state index in [0.717, 1.165) is 5.39 Å². The molecule has 1 heterocycles. The van der Waals surface area contributed by atoms with Gasteiger partial charge in [-0.1, -0.05) is 24.3 Å². The summed E-state index contributed by atoms with van der Waals surface area (Å²) in [6.07, 6.45) is 0.648. The second-order valence-electron chi connectivity index (χ2n) is 5.93. The van der Waals surface area contributed by atoms with Gasteiger partial charge in [-0.3, -0.25) is 4.79 Å². The van der Waals surface area contributed by atoms with Crippen LogP contribution < -0.4 is 10.3 Å². The molecule has 1 N–H and O–H groups in total. The van der Waals surface area contributed by atoms with Gasteiger partial charge in [-0.2, -0.15) is 5.10 Å². The number of esters is 1. The van der Waals surface area contributed by atoms with Crippen LogP contribution in [0.4, 0.5) is 0 Å². The predicted octanol–water partition coefficient (Wildman–Crippen LogP) is 2.01. The zero-order valence-corrected chi connectivity index (χ0v) is 14.9. The molecule has 0 saturated carbocycles. The molecule has 3 rings (SSSR count). The van der Waals surface area contributed by atoms with Gasteiger partial charge in [0.2, 0.25) is 0 Å². The van der Waals surface area contributed by atoms with Crippen LogP contribution in [-0.2, 0) is 11.3 Å². The summed E-state index contributed by atoms with van der Waals surface area (Å²) in [5, 5.41) is 15.6. The molecule has 140 valence electrons. The Morgan fingerprint density at radius 3 is 2.85 bits per heavy atom. The van der Waals surface area contributed by atoms with Crippen LogP contribution in [0.1, 0.15) is 17.3 Å². The summed E-state index contributed by atoms with van der Waals surface area (Å²) >= 11 is 0. The fraction of sp³-hybridized carbons (Fsp3) is 0.250. The molecule has 1 atom stereocenters. The Hall–Kier alpha value is -3.19. The topological polar surface area (TPSA) is 90.7 Å². The Bertz CT molecular complexity index is 999. The summed E-state index contributed by atoms with van der Waals surface area (Å²) in [5.41, 5.74) is 0.104. The fourth-order valence-electron chi connectivity index (χ4n) is 2.63. The summed E-state index contributed by atoms with van der Waals surface area (Å²) in [6, 6.07) is 13.7. The van der Waals surface area contributed by atoms with Crippen LogP contribution in [0.2, 0.25) is 0 Å². The maximum atomic E-state index is 12.4. The van der Waals surface area contributed by atoms with Crippen molar-refractivity contribution >= 4 is 16.7 Å². The first-order chi connectivity index (χ1) is 13.1. The lowest BCUT2D eigenvalue weighted by atomic mass is 10.2. The maximum absolute atomic E-state index is 12.4. The van der Waals surface area contributed by atoms with Crippen LogP contribution >= 0.6 is 0 Å². The number of aromatic nitrogens is 2. The van der Waals surface area contributed by atoms with Gasteiger partial charge in [0.25, 0.3) is 5.56 Å². The van der Waals surface area contributed by atoms with Gasteiger partial charge in [-0.25, -0.2) is 9.48 Å². The number of benzene rings is 2. The number of aliphatic hydroxyl groups excluding tert-OH is 1. The largest absolute Gasteiger partial charge is 0.491 e. The number of fused-ring (bicyclic) bond motifs is 1. The number of hydrogen-bond donors (Lipinski definition) is 1. The highest BCUT2D eigenvalue weighted by atomic mass is 16.5. The van der Waals surface area contributed by atoms with Crippen molar-refractivity contribution in [3.63, 3.8) is 0 Å². The van der Waals surface area contributed by atoms with Crippen LogP contribution in [0.5, 0.6) is 5.75 Å². The van der Waals surface area contributed by atoms with E-state index in [1.807, 2.05) is 12.1 Å². The van der Waals surface area contributed by atoms with Crippen LogP contribution in [0.25, 0.3) is 10.8 Å². The molecule has 27 heavy (non-hydrogen) atoms. The zero-order valence-electron chi connectivity index (χ0n) is 14.9. The molecule has 0 aliphatic carbocycles. The molecule has 1 unspecified atom stereocenters. The van der Waals surface area contributed by atoms with E-state index >= 15 is 0 Å². The van der Waals surface area contributed by atoms with E-state index in [1.165, 1.54) is 4.68 Å². The molecule has 2 aromatic carbocycles. The molecule has 0 bridgehead atoms. The Labute approximate surface area is 155 Å². The standard InChI is InChI=1S/C20H20N2O5/c1-2-26-20(25)14-7-5-8-17(10-14)27-13-16(23)12-22-19(24)18-9-4-3-6-15(18)11-21-22/h3-11,16,23H,2,12-13H2,1H3. The second-order valence-corrected chi connectivity index (χ2v) is 5.93. The lowest BCUT2D eigenvalue weighted by Crippen LogP contribution is -2.31. The summed E-state index contributed by atoms with van der Waals surface area (Å²) in [7, 11) is 0. The normalized spacial score (nSPS) is 11.9. The van der Waals surface area contributed by atoms with Crippen molar-refractivity contribution in [2.75, 3.05) is 13.2 Å². The first-order valence-electron chi connectivity index (χ1n) is 8.61. The summed E-state index contributed by atoms with van der Waals surface area (Å²) < 4.78 is 11.7. The molecule has 0 amide bonds. The highest BCUT2D eigenvalue weighted by Gasteiger charge is 2.12. The minimum absolute atomic E-state index is 0.00122. The number of aliphatic hydroxyl groups is 1. The highest BCUT2D eigenvalue weighted by Crippen LogP contribution is 2.15. The van der Waals surface area contributed by atoms with Gasteiger partial charge >= 0.3 is 5.97 Å². The predicted molar refractivity (Wildman–Crippen MR) is 99.9 cm³/mol. The second kappa shape index (κ2) is 8.46. The molecule has 0 radical (unpaired) electrons. The first kappa shape index (κ1) is 18.6. The van der Waals surface area contributed by atoms with E-state index in [2.05, 4.69) is 5.10 Å². The van der Waals surface area contributed by atoms with Gasteiger partial charge in [0.15, 0.2) is 0 Å². The molecular weight excluding hydrogens is 348 g/mol. The molecule has 1 aromatic heterocycles. The Kier molecular flexibility index (Phi) is 5.83.